The van der Waals surface area contributed by atoms with E-state index in [-0.39, 0.29) is 12.6 Å². The zero-order valence-electron chi connectivity index (χ0n) is 10.8. The summed E-state index contributed by atoms with van der Waals surface area (Å²) in [5.74, 6) is -0.875. The van der Waals surface area contributed by atoms with Crippen LogP contribution in [-0.2, 0) is 4.79 Å². The average Bonchev–Trinajstić information content (AvgIpc) is 2.78. The molecule has 1 heterocycles. The minimum absolute atomic E-state index is 0.207. The molecule has 108 valence electrons. The van der Waals surface area contributed by atoms with Crippen LogP contribution in [0, 0.1) is 5.41 Å². The maximum Gasteiger partial charge on any atom is 0.321 e. The van der Waals surface area contributed by atoms with E-state index in [1.807, 2.05) is 0 Å². The molecule has 0 bridgehead atoms. The third-order valence-corrected chi connectivity index (χ3v) is 4.68. The number of benzene rings is 1. The summed E-state index contributed by atoms with van der Waals surface area (Å²) in [6.45, 7) is 2.29. The molecule has 20 heavy (non-hydrogen) atoms. The molecule has 0 spiro atoms. The van der Waals surface area contributed by atoms with Crippen molar-refractivity contribution in [1.82, 2.24) is 4.90 Å². The van der Waals surface area contributed by atoms with Gasteiger partial charge in [-0.3, -0.25) is 4.79 Å². The van der Waals surface area contributed by atoms with E-state index in [4.69, 9.17) is 16.7 Å². The van der Waals surface area contributed by atoms with Crippen molar-refractivity contribution < 1.29 is 14.7 Å². The smallest absolute Gasteiger partial charge is 0.321 e. The molecule has 0 aromatic heterocycles. The summed E-state index contributed by atoms with van der Waals surface area (Å²) >= 11 is 9.23. The first-order valence-corrected chi connectivity index (χ1v) is 7.23. The largest absolute Gasteiger partial charge is 0.481 e. The molecule has 1 aromatic rings. The lowest BCUT2D eigenvalue weighted by Crippen LogP contribution is -2.37. The second-order valence-corrected chi connectivity index (χ2v) is 6.36. The van der Waals surface area contributed by atoms with Crippen LogP contribution in [0.1, 0.15) is 13.3 Å². The van der Waals surface area contributed by atoms with E-state index in [0.29, 0.717) is 23.7 Å². The SMILES string of the molecule is CC1(C(=O)O)CCN(C(=O)Nc2ccc(Br)c(Cl)c2)C1. The van der Waals surface area contributed by atoms with Crippen molar-refractivity contribution in [3.05, 3.63) is 27.7 Å². The van der Waals surface area contributed by atoms with Gasteiger partial charge in [-0.15, -0.1) is 0 Å². The quantitative estimate of drug-likeness (QED) is 0.848. The summed E-state index contributed by atoms with van der Waals surface area (Å²) in [5, 5.41) is 12.4. The van der Waals surface area contributed by atoms with Gasteiger partial charge in [-0.1, -0.05) is 11.6 Å². The standard InChI is InChI=1S/C13H14BrClN2O3/c1-13(11(18)19)4-5-17(7-13)12(20)16-8-2-3-9(14)10(15)6-8/h2-3,6H,4-5,7H2,1H3,(H,16,20)(H,18,19). The predicted octanol–water partition coefficient (Wildman–Crippen LogP) is 3.43. The Balaban J connectivity index is 2.03. The first-order valence-electron chi connectivity index (χ1n) is 6.06. The van der Waals surface area contributed by atoms with Crippen molar-refractivity contribution in [3.63, 3.8) is 0 Å². The molecule has 1 aromatic carbocycles. The number of rotatable bonds is 2. The highest BCUT2D eigenvalue weighted by Crippen LogP contribution is 2.31. The van der Waals surface area contributed by atoms with Gasteiger partial charge < -0.3 is 15.3 Å². The first kappa shape index (κ1) is 15.1. The zero-order valence-corrected chi connectivity index (χ0v) is 13.2. The topological polar surface area (TPSA) is 69.6 Å². The highest BCUT2D eigenvalue weighted by molar-refractivity contribution is 9.10. The van der Waals surface area contributed by atoms with Crippen LogP contribution in [0.4, 0.5) is 10.5 Å². The highest BCUT2D eigenvalue weighted by atomic mass is 79.9. The molecule has 1 atom stereocenters. The normalized spacial score (nSPS) is 21.9. The van der Waals surface area contributed by atoms with Crippen molar-refractivity contribution >= 4 is 45.2 Å². The number of carbonyl (C=O) groups excluding carboxylic acids is 1. The number of aliphatic carboxylic acids is 1. The fourth-order valence-corrected chi connectivity index (χ4v) is 2.51. The van der Waals surface area contributed by atoms with Crippen molar-refractivity contribution in [3.8, 4) is 0 Å². The van der Waals surface area contributed by atoms with Crippen LogP contribution in [0.15, 0.2) is 22.7 Å². The second-order valence-electron chi connectivity index (χ2n) is 5.10. The molecule has 7 heteroatoms. The highest BCUT2D eigenvalue weighted by Gasteiger charge is 2.42. The summed E-state index contributed by atoms with van der Waals surface area (Å²) in [4.78, 5) is 24.7. The third-order valence-electron chi connectivity index (χ3n) is 3.45. The molecular weight excluding hydrogens is 348 g/mol. The lowest BCUT2D eigenvalue weighted by Gasteiger charge is -2.20. The molecule has 1 unspecified atom stereocenters. The fraction of sp³-hybridized carbons (Fsp3) is 0.385. The van der Waals surface area contributed by atoms with Crippen LogP contribution in [0.5, 0.6) is 0 Å². The van der Waals surface area contributed by atoms with Gasteiger partial charge in [0.1, 0.15) is 0 Å². The molecule has 2 amide bonds. The van der Waals surface area contributed by atoms with E-state index in [2.05, 4.69) is 21.2 Å². The Labute approximate surface area is 130 Å². The third kappa shape index (κ3) is 3.07. The second kappa shape index (κ2) is 5.61. The number of halogens is 2. The average molecular weight is 362 g/mol. The Morgan fingerprint density at radius 1 is 1.50 bits per heavy atom. The predicted molar refractivity (Wildman–Crippen MR) is 80.1 cm³/mol. The van der Waals surface area contributed by atoms with E-state index in [0.717, 1.165) is 4.47 Å². The number of anilines is 1. The van der Waals surface area contributed by atoms with E-state index >= 15 is 0 Å². The van der Waals surface area contributed by atoms with Gasteiger partial charge >= 0.3 is 12.0 Å². The Bertz CT molecular complexity index is 567. The maximum atomic E-state index is 12.1. The van der Waals surface area contributed by atoms with Gasteiger partial charge in [0, 0.05) is 23.2 Å². The molecule has 1 fully saturated rings. The number of carboxylic acid groups (broad SMARTS) is 1. The van der Waals surface area contributed by atoms with Crippen LogP contribution in [0.2, 0.25) is 5.02 Å². The summed E-state index contributed by atoms with van der Waals surface area (Å²) < 4.78 is 0.747. The number of carbonyl (C=O) groups is 2. The van der Waals surface area contributed by atoms with Crippen LogP contribution in [0.3, 0.4) is 0 Å². The lowest BCUT2D eigenvalue weighted by molar-refractivity contribution is -0.146. The van der Waals surface area contributed by atoms with Crippen molar-refractivity contribution in [2.45, 2.75) is 13.3 Å². The van der Waals surface area contributed by atoms with Crippen molar-refractivity contribution in [1.29, 1.82) is 0 Å². The van der Waals surface area contributed by atoms with Gasteiger partial charge in [0.05, 0.1) is 10.4 Å². The molecule has 1 aliphatic heterocycles. The fourth-order valence-electron chi connectivity index (χ4n) is 2.09. The summed E-state index contributed by atoms with van der Waals surface area (Å²) in [7, 11) is 0. The number of carboxylic acids is 1. The molecule has 5 nitrogen and oxygen atoms in total. The molecule has 0 saturated carbocycles. The van der Waals surface area contributed by atoms with E-state index < -0.39 is 11.4 Å². The minimum Gasteiger partial charge on any atom is -0.481 e. The van der Waals surface area contributed by atoms with Crippen LogP contribution >= 0.6 is 27.5 Å². The Morgan fingerprint density at radius 3 is 2.75 bits per heavy atom. The van der Waals surface area contributed by atoms with Gasteiger partial charge in [-0.25, -0.2) is 4.79 Å². The molecule has 1 saturated heterocycles. The monoisotopic (exact) mass is 360 g/mol. The number of hydrogen-bond acceptors (Lipinski definition) is 2. The summed E-state index contributed by atoms with van der Waals surface area (Å²) in [6.07, 6.45) is 0.455. The Kier molecular flexibility index (Phi) is 4.25. The van der Waals surface area contributed by atoms with Gasteiger partial charge in [0.15, 0.2) is 0 Å². The number of nitrogens with zero attached hydrogens (tertiary/aromatic N) is 1. The summed E-state index contributed by atoms with van der Waals surface area (Å²) in [6, 6.07) is 4.79. The van der Waals surface area contributed by atoms with Crippen molar-refractivity contribution in [2.75, 3.05) is 18.4 Å². The molecule has 0 radical (unpaired) electrons. The Hall–Kier alpha value is -1.27. The van der Waals surface area contributed by atoms with E-state index in [1.165, 1.54) is 4.90 Å². The zero-order chi connectivity index (χ0) is 14.9. The molecule has 2 N–H and O–H groups in total. The van der Waals surface area contributed by atoms with Gasteiger partial charge in [-0.2, -0.15) is 0 Å². The molecule has 1 aliphatic rings. The van der Waals surface area contributed by atoms with Crippen molar-refractivity contribution in [2.24, 2.45) is 5.41 Å². The van der Waals surface area contributed by atoms with Crippen LogP contribution in [0.25, 0.3) is 0 Å². The number of urea groups is 1. The van der Waals surface area contributed by atoms with Gasteiger partial charge in [-0.05, 0) is 47.5 Å². The number of nitrogens with one attached hydrogen (secondary N) is 1. The maximum absolute atomic E-state index is 12.1. The van der Waals surface area contributed by atoms with E-state index in [9.17, 15) is 9.59 Å². The van der Waals surface area contributed by atoms with Gasteiger partial charge in [0.25, 0.3) is 0 Å². The van der Waals surface area contributed by atoms with Crippen LogP contribution in [-0.4, -0.2) is 35.1 Å². The summed E-state index contributed by atoms with van der Waals surface area (Å²) in [5.41, 5.74) is -0.290. The minimum atomic E-state index is -0.875. The number of hydrogen-bond donors (Lipinski definition) is 2. The molecular formula is C13H14BrClN2O3. The Morgan fingerprint density at radius 2 is 2.20 bits per heavy atom. The van der Waals surface area contributed by atoms with Crippen LogP contribution < -0.4 is 5.32 Å². The molecule has 0 aliphatic carbocycles. The van der Waals surface area contributed by atoms with Gasteiger partial charge in [0.2, 0.25) is 0 Å². The molecule has 2 rings (SSSR count). The lowest BCUT2D eigenvalue weighted by atomic mass is 9.90. The first-order chi connectivity index (χ1) is 9.32. The van der Waals surface area contributed by atoms with E-state index in [1.54, 1.807) is 25.1 Å². The number of likely N-dealkylation sites (tertiary alicyclic amines) is 1. The number of amides is 2.